The van der Waals surface area contributed by atoms with Gasteiger partial charge in [0.25, 0.3) is 0 Å². The van der Waals surface area contributed by atoms with Crippen LogP contribution < -0.4 is 5.32 Å². The van der Waals surface area contributed by atoms with Crippen molar-refractivity contribution in [2.45, 2.75) is 38.3 Å². The summed E-state index contributed by atoms with van der Waals surface area (Å²) in [5, 5.41) is 3.85. The first kappa shape index (κ1) is 13.8. The van der Waals surface area contributed by atoms with Crippen molar-refractivity contribution in [1.29, 1.82) is 0 Å². The van der Waals surface area contributed by atoms with Crippen LogP contribution in [0.5, 0.6) is 0 Å². The molecule has 4 aliphatic rings. The van der Waals surface area contributed by atoms with Gasteiger partial charge in [0.2, 0.25) is 0 Å². The number of piperazine rings is 3. The molecule has 19 heavy (non-hydrogen) atoms. The maximum atomic E-state index is 5.74. The molecule has 0 aromatic carbocycles. The standard InChI is InChI=1S/C15H29N3O/c1-2-5-16-15(13-4-3-10-19-12-13)14-11-17-6-8-18(14)9-7-17/h13-16H,2-12H2,1H3. The molecule has 2 bridgehead atoms. The number of rotatable bonds is 5. The Morgan fingerprint density at radius 3 is 2.68 bits per heavy atom. The first-order chi connectivity index (χ1) is 9.38. The summed E-state index contributed by atoms with van der Waals surface area (Å²) >= 11 is 0. The van der Waals surface area contributed by atoms with Crippen LogP contribution in [-0.4, -0.2) is 74.4 Å². The third-order valence-electron chi connectivity index (χ3n) is 5.07. The Bertz CT molecular complexity index is 273. The third kappa shape index (κ3) is 3.13. The van der Waals surface area contributed by atoms with E-state index in [9.17, 15) is 0 Å². The van der Waals surface area contributed by atoms with Gasteiger partial charge in [-0.3, -0.25) is 9.80 Å². The average Bonchev–Trinajstić information content (AvgIpc) is 2.50. The minimum absolute atomic E-state index is 0.628. The van der Waals surface area contributed by atoms with E-state index in [1.807, 2.05) is 0 Å². The highest BCUT2D eigenvalue weighted by Crippen LogP contribution is 2.26. The molecule has 0 saturated carbocycles. The predicted molar refractivity (Wildman–Crippen MR) is 77.4 cm³/mol. The van der Waals surface area contributed by atoms with E-state index in [4.69, 9.17) is 4.74 Å². The molecule has 4 aliphatic heterocycles. The Balaban J connectivity index is 1.66. The van der Waals surface area contributed by atoms with Crippen LogP contribution in [0, 0.1) is 5.92 Å². The Hall–Kier alpha value is -0.160. The summed E-state index contributed by atoms with van der Waals surface area (Å²) in [6, 6.07) is 1.34. The van der Waals surface area contributed by atoms with Crippen LogP contribution in [-0.2, 0) is 4.74 Å². The largest absolute Gasteiger partial charge is 0.381 e. The van der Waals surface area contributed by atoms with Crippen LogP contribution in [0.2, 0.25) is 0 Å². The topological polar surface area (TPSA) is 27.7 Å². The van der Waals surface area contributed by atoms with Gasteiger partial charge in [-0.15, -0.1) is 0 Å². The van der Waals surface area contributed by atoms with Gasteiger partial charge in [-0.1, -0.05) is 6.92 Å². The zero-order valence-electron chi connectivity index (χ0n) is 12.3. The van der Waals surface area contributed by atoms with E-state index in [0.29, 0.717) is 18.0 Å². The highest BCUT2D eigenvalue weighted by atomic mass is 16.5. The van der Waals surface area contributed by atoms with Gasteiger partial charge in [-0.05, 0) is 31.7 Å². The fourth-order valence-corrected chi connectivity index (χ4v) is 3.97. The lowest BCUT2D eigenvalue weighted by molar-refractivity contribution is -0.0355. The van der Waals surface area contributed by atoms with Crippen LogP contribution in [0.25, 0.3) is 0 Å². The molecular weight excluding hydrogens is 238 g/mol. The van der Waals surface area contributed by atoms with Crippen LogP contribution in [0.3, 0.4) is 0 Å². The molecule has 4 fully saturated rings. The number of fused-ring (bicyclic) bond motifs is 3. The normalized spacial score (nSPS) is 40.3. The lowest BCUT2D eigenvalue weighted by Crippen LogP contribution is -2.68. The van der Waals surface area contributed by atoms with E-state index in [2.05, 4.69) is 22.0 Å². The van der Waals surface area contributed by atoms with Gasteiger partial charge in [-0.25, -0.2) is 0 Å². The van der Waals surface area contributed by atoms with E-state index in [1.54, 1.807) is 0 Å². The van der Waals surface area contributed by atoms with Crippen molar-refractivity contribution in [2.75, 3.05) is 52.5 Å². The lowest BCUT2D eigenvalue weighted by atomic mass is 9.86. The number of ether oxygens (including phenoxy) is 1. The van der Waals surface area contributed by atoms with Crippen LogP contribution in [0.4, 0.5) is 0 Å². The Labute approximate surface area is 117 Å². The molecule has 0 spiro atoms. The van der Waals surface area contributed by atoms with E-state index < -0.39 is 0 Å². The molecule has 110 valence electrons. The molecule has 0 radical (unpaired) electrons. The summed E-state index contributed by atoms with van der Waals surface area (Å²) in [4.78, 5) is 5.37. The molecule has 4 nitrogen and oxygen atoms in total. The minimum atomic E-state index is 0.628. The van der Waals surface area contributed by atoms with Gasteiger partial charge in [0.1, 0.15) is 0 Å². The van der Waals surface area contributed by atoms with Crippen molar-refractivity contribution in [2.24, 2.45) is 5.92 Å². The van der Waals surface area contributed by atoms with Crippen molar-refractivity contribution in [1.82, 2.24) is 15.1 Å². The second kappa shape index (κ2) is 6.53. The number of nitrogens with zero attached hydrogens (tertiary/aromatic N) is 2. The number of hydrogen-bond donors (Lipinski definition) is 1. The minimum Gasteiger partial charge on any atom is -0.381 e. The summed E-state index contributed by atoms with van der Waals surface area (Å²) in [6.45, 7) is 11.7. The monoisotopic (exact) mass is 267 g/mol. The van der Waals surface area contributed by atoms with Gasteiger partial charge in [0.05, 0.1) is 6.61 Å². The molecular formula is C15H29N3O. The third-order valence-corrected chi connectivity index (χ3v) is 5.07. The van der Waals surface area contributed by atoms with Crippen molar-refractivity contribution in [3.63, 3.8) is 0 Å². The highest BCUT2D eigenvalue weighted by molar-refractivity contribution is 4.97. The summed E-state index contributed by atoms with van der Waals surface area (Å²) in [6.07, 6.45) is 3.80. The number of hydrogen-bond acceptors (Lipinski definition) is 4. The molecule has 4 heterocycles. The smallest absolute Gasteiger partial charge is 0.0509 e. The summed E-state index contributed by atoms with van der Waals surface area (Å²) < 4.78 is 5.74. The van der Waals surface area contributed by atoms with Gasteiger partial charge < -0.3 is 10.1 Å². The predicted octanol–water partition coefficient (Wildman–Crippen LogP) is 0.781. The molecule has 1 N–H and O–H groups in total. The Morgan fingerprint density at radius 2 is 2.11 bits per heavy atom. The second-order valence-corrected chi connectivity index (χ2v) is 6.36. The molecule has 4 heteroatoms. The first-order valence-electron chi connectivity index (χ1n) is 8.16. The average molecular weight is 267 g/mol. The second-order valence-electron chi connectivity index (χ2n) is 6.36. The fourth-order valence-electron chi connectivity index (χ4n) is 3.97. The molecule has 3 unspecified atom stereocenters. The Morgan fingerprint density at radius 1 is 1.26 bits per heavy atom. The Kier molecular flexibility index (Phi) is 4.74. The zero-order chi connectivity index (χ0) is 13.1. The highest BCUT2D eigenvalue weighted by Gasteiger charge is 2.39. The molecule has 4 saturated heterocycles. The van der Waals surface area contributed by atoms with Gasteiger partial charge in [-0.2, -0.15) is 0 Å². The molecule has 4 rings (SSSR count). The van der Waals surface area contributed by atoms with Crippen molar-refractivity contribution in [3.8, 4) is 0 Å². The SMILES string of the molecule is CCCNC(C1CCCOC1)C1CN2CCN1CC2. The van der Waals surface area contributed by atoms with Gasteiger partial charge >= 0.3 is 0 Å². The van der Waals surface area contributed by atoms with E-state index in [1.165, 1.54) is 52.0 Å². The van der Waals surface area contributed by atoms with Crippen molar-refractivity contribution < 1.29 is 4.74 Å². The maximum absolute atomic E-state index is 5.74. The summed E-state index contributed by atoms with van der Waals surface area (Å²) in [7, 11) is 0. The maximum Gasteiger partial charge on any atom is 0.0509 e. The van der Waals surface area contributed by atoms with Crippen LogP contribution >= 0.6 is 0 Å². The fraction of sp³-hybridized carbons (Fsp3) is 1.00. The first-order valence-corrected chi connectivity index (χ1v) is 8.16. The molecule has 0 amide bonds. The van der Waals surface area contributed by atoms with Gasteiger partial charge in [0, 0.05) is 51.4 Å². The van der Waals surface area contributed by atoms with Crippen molar-refractivity contribution in [3.05, 3.63) is 0 Å². The molecule has 0 aromatic heterocycles. The lowest BCUT2D eigenvalue weighted by Gasteiger charge is -2.52. The van der Waals surface area contributed by atoms with E-state index >= 15 is 0 Å². The molecule has 0 aliphatic carbocycles. The van der Waals surface area contributed by atoms with Crippen molar-refractivity contribution >= 4 is 0 Å². The van der Waals surface area contributed by atoms with Crippen LogP contribution in [0.15, 0.2) is 0 Å². The molecule has 0 aromatic rings. The molecule has 3 atom stereocenters. The zero-order valence-corrected chi connectivity index (χ0v) is 12.3. The number of nitrogens with one attached hydrogen (secondary N) is 1. The summed E-state index contributed by atoms with van der Waals surface area (Å²) in [5.74, 6) is 0.714. The van der Waals surface area contributed by atoms with Gasteiger partial charge in [0.15, 0.2) is 0 Å². The van der Waals surface area contributed by atoms with E-state index in [-0.39, 0.29) is 0 Å². The quantitative estimate of drug-likeness (QED) is 0.797. The summed E-state index contributed by atoms with van der Waals surface area (Å²) in [5.41, 5.74) is 0. The van der Waals surface area contributed by atoms with Crippen LogP contribution in [0.1, 0.15) is 26.2 Å². The van der Waals surface area contributed by atoms with E-state index in [0.717, 1.165) is 19.8 Å².